The summed E-state index contributed by atoms with van der Waals surface area (Å²) in [5.74, 6) is 1.26. The topological polar surface area (TPSA) is 102 Å². The summed E-state index contributed by atoms with van der Waals surface area (Å²) in [5, 5.41) is 11.8. The molecular formula is C21H25N7O2. The lowest BCUT2D eigenvalue weighted by molar-refractivity contribution is 0.0722. The Balaban J connectivity index is 1.22. The summed E-state index contributed by atoms with van der Waals surface area (Å²) < 4.78 is 7.67. The van der Waals surface area contributed by atoms with Gasteiger partial charge in [-0.1, -0.05) is 11.6 Å². The molecule has 3 aromatic rings. The van der Waals surface area contributed by atoms with Crippen LogP contribution in [0.1, 0.15) is 47.6 Å². The van der Waals surface area contributed by atoms with Crippen LogP contribution in [-0.4, -0.2) is 54.9 Å². The molecule has 0 aromatic carbocycles. The second-order valence-corrected chi connectivity index (χ2v) is 7.91. The number of hydrogen-bond acceptors (Lipinski definition) is 7. The third-order valence-corrected chi connectivity index (χ3v) is 5.80. The Morgan fingerprint density at radius 2 is 2.30 bits per heavy atom. The highest BCUT2D eigenvalue weighted by molar-refractivity contribution is 5.92. The molecular weight excluding hydrogens is 382 g/mol. The van der Waals surface area contributed by atoms with E-state index in [1.54, 1.807) is 28.2 Å². The first kappa shape index (κ1) is 18.9. The summed E-state index contributed by atoms with van der Waals surface area (Å²) in [7, 11) is 0. The Morgan fingerprint density at radius 1 is 1.33 bits per heavy atom. The Labute approximate surface area is 174 Å². The fourth-order valence-electron chi connectivity index (χ4n) is 4.11. The van der Waals surface area contributed by atoms with Gasteiger partial charge in [-0.15, -0.1) is 5.10 Å². The van der Waals surface area contributed by atoms with Crippen molar-refractivity contribution < 1.29 is 9.21 Å². The Bertz CT molecular complexity index is 1010. The summed E-state index contributed by atoms with van der Waals surface area (Å²) in [6.07, 6.45) is 10.6. The van der Waals surface area contributed by atoms with Gasteiger partial charge in [0.1, 0.15) is 11.5 Å². The molecule has 5 rings (SSSR count). The molecule has 5 heterocycles. The quantitative estimate of drug-likeness (QED) is 0.691. The number of piperidine rings is 1. The lowest BCUT2D eigenvalue weighted by Gasteiger charge is -2.24. The van der Waals surface area contributed by atoms with E-state index in [-0.39, 0.29) is 5.91 Å². The first-order valence-corrected chi connectivity index (χ1v) is 10.6. The zero-order chi connectivity index (χ0) is 20.3. The monoisotopic (exact) mass is 407 g/mol. The molecule has 1 saturated heterocycles. The van der Waals surface area contributed by atoms with Crippen molar-refractivity contribution in [1.29, 1.82) is 0 Å². The van der Waals surface area contributed by atoms with Crippen LogP contribution in [0.2, 0.25) is 0 Å². The molecule has 0 aliphatic carbocycles. The van der Waals surface area contributed by atoms with E-state index >= 15 is 0 Å². The van der Waals surface area contributed by atoms with Crippen LogP contribution in [0.5, 0.6) is 0 Å². The summed E-state index contributed by atoms with van der Waals surface area (Å²) in [6, 6.07) is 4.29. The highest BCUT2D eigenvalue weighted by atomic mass is 16.4. The van der Waals surface area contributed by atoms with Gasteiger partial charge in [0.2, 0.25) is 5.89 Å². The third kappa shape index (κ3) is 3.97. The highest BCUT2D eigenvalue weighted by Crippen LogP contribution is 2.26. The van der Waals surface area contributed by atoms with Gasteiger partial charge in [0.25, 0.3) is 5.91 Å². The molecule has 2 aliphatic heterocycles. The van der Waals surface area contributed by atoms with E-state index < -0.39 is 0 Å². The predicted molar refractivity (Wildman–Crippen MR) is 108 cm³/mol. The number of carbonyl (C=O) groups excluding carboxylic acids is 1. The Morgan fingerprint density at radius 3 is 3.13 bits per heavy atom. The number of nitrogens with zero attached hydrogens (tertiary/aromatic N) is 6. The molecule has 1 unspecified atom stereocenters. The number of aryl methyl sites for hydroxylation is 1. The van der Waals surface area contributed by atoms with Gasteiger partial charge in [0.15, 0.2) is 5.69 Å². The molecule has 0 saturated carbocycles. The van der Waals surface area contributed by atoms with Crippen LogP contribution in [0.25, 0.3) is 11.5 Å². The fraction of sp³-hybridized carbons (Fsp3) is 0.476. The minimum atomic E-state index is -0.117. The second-order valence-electron chi connectivity index (χ2n) is 7.91. The maximum absolute atomic E-state index is 12.9. The number of aromatic nitrogens is 5. The molecule has 0 spiro atoms. The highest BCUT2D eigenvalue weighted by Gasteiger charge is 2.28. The molecule has 1 fully saturated rings. The number of rotatable bonds is 5. The molecule has 1 atom stereocenters. The van der Waals surface area contributed by atoms with Crippen molar-refractivity contribution in [3.63, 3.8) is 0 Å². The van der Waals surface area contributed by atoms with E-state index in [0.29, 0.717) is 37.1 Å². The average molecular weight is 407 g/mol. The van der Waals surface area contributed by atoms with Gasteiger partial charge in [0, 0.05) is 37.9 Å². The van der Waals surface area contributed by atoms with Gasteiger partial charge in [0.05, 0.1) is 18.3 Å². The summed E-state index contributed by atoms with van der Waals surface area (Å²) >= 11 is 0. The van der Waals surface area contributed by atoms with Gasteiger partial charge >= 0.3 is 0 Å². The predicted octanol–water partition coefficient (Wildman–Crippen LogP) is 2.06. The molecule has 0 bridgehead atoms. The first-order valence-electron chi connectivity index (χ1n) is 10.6. The molecule has 156 valence electrons. The summed E-state index contributed by atoms with van der Waals surface area (Å²) in [5.41, 5.74) is 2.01. The third-order valence-electron chi connectivity index (χ3n) is 5.80. The summed E-state index contributed by atoms with van der Waals surface area (Å²) in [4.78, 5) is 23.4. The maximum Gasteiger partial charge on any atom is 0.276 e. The lowest BCUT2D eigenvalue weighted by atomic mass is 10.0. The standard InChI is InChI=1S/C21H25N7O2/c29-21(18-14-28(26-25-18)11-6-16-5-1-2-9-23-16)27-10-7-19-17(13-27)24-20(30-19)15-4-3-8-22-12-15/h3-4,8,12,14,16,23H,1-2,5-7,9-11,13H2. The minimum absolute atomic E-state index is 0.117. The van der Waals surface area contributed by atoms with Crippen molar-refractivity contribution in [2.45, 2.75) is 51.2 Å². The first-order chi connectivity index (χ1) is 14.8. The zero-order valence-corrected chi connectivity index (χ0v) is 16.8. The van der Waals surface area contributed by atoms with Crippen LogP contribution < -0.4 is 5.32 Å². The fourth-order valence-corrected chi connectivity index (χ4v) is 4.11. The Kier molecular flexibility index (Phi) is 5.27. The molecule has 0 radical (unpaired) electrons. The van der Waals surface area contributed by atoms with Crippen molar-refractivity contribution in [2.24, 2.45) is 0 Å². The smallest absolute Gasteiger partial charge is 0.276 e. The van der Waals surface area contributed by atoms with E-state index in [4.69, 9.17) is 4.42 Å². The van der Waals surface area contributed by atoms with E-state index in [0.717, 1.165) is 36.5 Å². The number of pyridine rings is 1. The van der Waals surface area contributed by atoms with E-state index in [9.17, 15) is 4.79 Å². The van der Waals surface area contributed by atoms with Crippen molar-refractivity contribution >= 4 is 5.91 Å². The van der Waals surface area contributed by atoms with Crippen molar-refractivity contribution in [3.05, 3.63) is 47.9 Å². The molecule has 30 heavy (non-hydrogen) atoms. The van der Waals surface area contributed by atoms with Gasteiger partial charge in [-0.05, 0) is 37.9 Å². The number of amides is 1. The zero-order valence-electron chi connectivity index (χ0n) is 16.8. The molecule has 3 aromatic heterocycles. The number of hydrogen-bond donors (Lipinski definition) is 1. The van der Waals surface area contributed by atoms with Crippen LogP contribution in [-0.2, 0) is 19.5 Å². The molecule has 1 amide bonds. The van der Waals surface area contributed by atoms with Gasteiger partial charge < -0.3 is 14.6 Å². The van der Waals surface area contributed by atoms with Crippen LogP contribution in [0.3, 0.4) is 0 Å². The Hall–Kier alpha value is -3.07. The van der Waals surface area contributed by atoms with Crippen LogP contribution in [0, 0.1) is 0 Å². The number of nitrogens with one attached hydrogen (secondary N) is 1. The number of oxazole rings is 1. The van der Waals surface area contributed by atoms with Crippen LogP contribution >= 0.6 is 0 Å². The second kappa shape index (κ2) is 8.35. The van der Waals surface area contributed by atoms with Crippen molar-refractivity contribution in [2.75, 3.05) is 13.1 Å². The van der Waals surface area contributed by atoms with Crippen molar-refractivity contribution in [3.8, 4) is 11.5 Å². The maximum atomic E-state index is 12.9. The normalized spacial score (nSPS) is 18.9. The molecule has 9 heteroatoms. The van der Waals surface area contributed by atoms with E-state index in [1.807, 2.05) is 12.1 Å². The summed E-state index contributed by atoms with van der Waals surface area (Å²) in [6.45, 7) is 2.84. The van der Waals surface area contributed by atoms with Gasteiger partial charge in [-0.3, -0.25) is 14.5 Å². The minimum Gasteiger partial charge on any atom is -0.441 e. The van der Waals surface area contributed by atoms with Crippen LogP contribution in [0.4, 0.5) is 0 Å². The SMILES string of the molecule is O=C(c1cn(CCC2CCCCN2)nn1)N1CCc2oc(-c3cccnc3)nc2C1. The molecule has 2 aliphatic rings. The average Bonchev–Trinajstić information content (AvgIpc) is 3.45. The lowest BCUT2D eigenvalue weighted by Crippen LogP contribution is -2.36. The van der Waals surface area contributed by atoms with E-state index in [1.165, 1.54) is 19.3 Å². The van der Waals surface area contributed by atoms with Crippen LogP contribution in [0.15, 0.2) is 35.1 Å². The largest absolute Gasteiger partial charge is 0.441 e. The van der Waals surface area contributed by atoms with Gasteiger partial charge in [-0.2, -0.15) is 0 Å². The van der Waals surface area contributed by atoms with E-state index in [2.05, 4.69) is 25.6 Å². The number of carbonyl (C=O) groups is 1. The van der Waals surface area contributed by atoms with Crippen molar-refractivity contribution in [1.82, 2.24) is 35.2 Å². The molecule has 9 nitrogen and oxygen atoms in total. The number of fused-ring (bicyclic) bond motifs is 1. The molecule has 1 N–H and O–H groups in total. The van der Waals surface area contributed by atoms with Gasteiger partial charge in [-0.25, -0.2) is 4.98 Å².